The van der Waals surface area contributed by atoms with Gasteiger partial charge in [-0.15, -0.1) is 11.3 Å². The highest BCUT2D eigenvalue weighted by Crippen LogP contribution is 2.24. The third-order valence-electron chi connectivity index (χ3n) is 4.93. The van der Waals surface area contributed by atoms with Crippen LogP contribution in [0.3, 0.4) is 0 Å². The van der Waals surface area contributed by atoms with Gasteiger partial charge in [-0.1, -0.05) is 44.2 Å². The molecule has 6 heteroatoms. The van der Waals surface area contributed by atoms with E-state index in [2.05, 4.69) is 26.0 Å². The van der Waals surface area contributed by atoms with E-state index in [0.29, 0.717) is 19.6 Å². The summed E-state index contributed by atoms with van der Waals surface area (Å²) < 4.78 is 7.26. The number of thiazole rings is 1. The fourth-order valence-corrected chi connectivity index (χ4v) is 4.26. The number of aromatic nitrogens is 2. The van der Waals surface area contributed by atoms with Gasteiger partial charge in [-0.25, -0.2) is 4.98 Å². The Morgan fingerprint density at radius 2 is 2.00 bits per heavy atom. The van der Waals surface area contributed by atoms with Gasteiger partial charge in [-0.3, -0.25) is 9.20 Å². The molecule has 0 radical (unpaired) electrons. The van der Waals surface area contributed by atoms with Crippen molar-refractivity contribution in [1.82, 2.24) is 14.3 Å². The Morgan fingerprint density at radius 1 is 1.26 bits per heavy atom. The molecule has 1 aromatic carbocycles. The molecule has 0 unspecified atom stereocenters. The number of hydrogen-bond acceptors (Lipinski definition) is 4. The number of carbonyl (C=O) groups is 1. The highest BCUT2D eigenvalue weighted by atomic mass is 32.1. The van der Waals surface area contributed by atoms with E-state index in [-0.39, 0.29) is 11.9 Å². The third kappa shape index (κ3) is 4.39. The van der Waals surface area contributed by atoms with E-state index < -0.39 is 0 Å². The normalized spacial score (nSPS) is 11.4. The van der Waals surface area contributed by atoms with Crippen molar-refractivity contribution in [2.24, 2.45) is 0 Å². The number of rotatable bonds is 9. The fourth-order valence-electron chi connectivity index (χ4n) is 3.39. The van der Waals surface area contributed by atoms with Crippen LogP contribution in [0.2, 0.25) is 0 Å². The van der Waals surface area contributed by atoms with Crippen LogP contribution in [0.4, 0.5) is 0 Å². The number of hydrogen-bond donors (Lipinski definition) is 0. The van der Waals surface area contributed by atoms with Gasteiger partial charge < -0.3 is 9.64 Å². The average Bonchev–Trinajstić information content (AvgIpc) is 3.28. The lowest BCUT2D eigenvalue weighted by atomic mass is 10.1. The number of nitrogens with zero attached hydrogens (tertiary/aromatic N) is 3. The van der Waals surface area contributed by atoms with Crippen LogP contribution in [-0.4, -0.2) is 46.5 Å². The molecule has 3 aromatic rings. The van der Waals surface area contributed by atoms with Crippen LogP contribution in [0.5, 0.6) is 0 Å². The van der Waals surface area contributed by atoms with E-state index in [1.165, 1.54) is 0 Å². The van der Waals surface area contributed by atoms with E-state index in [4.69, 9.17) is 9.72 Å². The number of fused-ring (bicyclic) bond motifs is 1. The summed E-state index contributed by atoms with van der Waals surface area (Å²) >= 11 is 1.58. The SMILES string of the molecule is CCC(CC)N(CCOC)C(=O)Cc1csc2nc(-c3ccccc3)cn12. The second-order valence-electron chi connectivity index (χ2n) is 6.60. The van der Waals surface area contributed by atoms with Crippen LogP contribution in [0.15, 0.2) is 41.9 Å². The van der Waals surface area contributed by atoms with E-state index in [1.54, 1.807) is 18.4 Å². The third-order valence-corrected chi connectivity index (χ3v) is 5.81. The van der Waals surface area contributed by atoms with Crippen LogP contribution in [-0.2, 0) is 16.0 Å². The van der Waals surface area contributed by atoms with Crippen molar-refractivity contribution in [2.75, 3.05) is 20.3 Å². The summed E-state index contributed by atoms with van der Waals surface area (Å²) in [5.74, 6) is 0.149. The van der Waals surface area contributed by atoms with Gasteiger partial charge in [0.25, 0.3) is 0 Å². The van der Waals surface area contributed by atoms with Gasteiger partial charge in [-0.2, -0.15) is 0 Å². The largest absolute Gasteiger partial charge is 0.383 e. The van der Waals surface area contributed by atoms with Crippen molar-refractivity contribution >= 4 is 22.2 Å². The van der Waals surface area contributed by atoms with Gasteiger partial charge in [0.2, 0.25) is 5.91 Å². The lowest BCUT2D eigenvalue weighted by Crippen LogP contribution is -2.42. The molecule has 0 saturated carbocycles. The quantitative estimate of drug-likeness (QED) is 0.553. The van der Waals surface area contributed by atoms with Crippen LogP contribution in [0.25, 0.3) is 16.2 Å². The van der Waals surface area contributed by atoms with Crippen molar-refractivity contribution in [3.8, 4) is 11.3 Å². The Labute approximate surface area is 164 Å². The summed E-state index contributed by atoms with van der Waals surface area (Å²) in [5.41, 5.74) is 3.01. The molecule has 0 atom stereocenters. The Morgan fingerprint density at radius 3 is 2.67 bits per heavy atom. The molecule has 3 rings (SSSR count). The van der Waals surface area contributed by atoms with E-state index in [1.807, 2.05) is 39.1 Å². The van der Waals surface area contributed by atoms with Crippen molar-refractivity contribution in [1.29, 1.82) is 0 Å². The predicted octanol–water partition coefficient (Wildman–Crippen LogP) is 4.27. The summed E-state index contributed by atoms with van der Waals surface area (Å²) in [4.78, 5) is 20.6. The lowest BCUT2D eigenvalue weighted by Gasteiger charge is -2.30. The predicted molar refractivity (Wildman–Crippen MR) is 110 cm³/mol. The second kappa shape index (κ2) is 9.15. The first-order valence-electron chi connectivity index (χ1n) is 9.47. The monoisotopic (exact) mass is 385 g/mol. The molecular formula is C21H27N3O2S. The first kappa shape index (κ1) is 19.6. The van der Waals surface area contributed by atoms with Crippen LogP contribution >= 0.6 is 11.3 Å². The van der Waals surface area contributed by atoms with Gasteiger partial charge in [-0.05, 0) is 12.8 Å². The van der Waals surface area contributed by atoms with Crippen molar-refractivity contribution in [3.05, 3.63) is 47.6 Å². The minimum Gasteiger partial charge on any atom is -0.383 e. The minimum atomic E-state index is 0.149. The molecule has 0 bridgehead atoms. The molecular weight excluding hydrogens is 358 g/mol. The van der Waals surface area contributed by atoms with Gasteiger partial charge in [0.1, 0.15) is 0 Å². The maximum absolute atomic E-state index is 13.0. The summed E-state index contributed by atoms with van der Waals surface area (Å²) in [6.07, 6.45) is 4.31. The Kier molecular flexibility index (Phi) is 6.63. The molecule has 27 heavy (non-hydrogen) atoms. The Hall–Kier alpha value is -2.18. The Bertz CT molecular complexity index is 868. The Balaban J connectivity index is 1.82. The van der Waals surface area contributed by atoms with E-state index in [0.717, 1.165) is 34.8 Å². The smallest absolute Gasteiger partial charge is 0.228 e. The molecule has 144 valence electrons. The molecule has 0 spiro atoms. The minimum absolute atomic E-state index is 0.149. The molecule has 1 amide bonds. The van der Waals surface area contributed by atoms with E-state index in [9.17, 15) is 4.79 Å². The number of carbonyl (C=O) groups excluding carboxylic acids is 1. The van der Waals surface area contributed by atoms with E-state index >= 15 is 0 Å². The zero-order valence-corrected chi connectivity index (χ0v) is 17.0. The molecule has 0 fully saturated rings. The second-order valence-corrected chi connectivity index (χ2v) is 7.44. The lowest BCUT2D eigenvalue weighted by molar-refractivity contribution is -0.133. The highest BCUT2D eigenvalue weighted by molar-refractivity contribution is 7.15. The maximum atomic E-state index is 13.0. The number of methoxy groups -OCH3 is 1. The van der Waals surface area contributed by atoms with Gasteiger partial charge in [0.15, 0.2) is 4.96 Å². The summed E-state index contributed by atoms with van der Waals surface area (Å²) in [6.45, 7) is 5.46. The number of benzene rings is 1. The first-order valence-corrected chi connectivity index (χ1v) is 10.3. The zero-order valence-electron chi connectivity index (χ0n) is 16.2. The molecule has 2 aromatic heterocycles. The summed E-state index contributed by atoms with van der Waals surface area (Å²) in [7, 11) is 1.68. The van der Waals surface area contributed by atoms with Crippen LogP contribution in [0, 0.1) is 0 Å². The van der Waals surface area contributed by atoms with Crippen molar-refractivity contribution < 1.29 is 9.53 Å². The van der Waals surface area contributed by atoms with Crippen LogP contribution < -0.4 is 0 Å². The highest BCUT2D eigenvalue weighted by Gasteiger charge is 2.22. The number of ether oxygens (including phenoxy) is 1. The zero-order chi connectivity index (χ0) is 19.2. The molecule has 0 N–H and O–H groups in total. The number of amides is 1. The van der Waals surface area contributed by atoms with Gasteiger partial charge in [0.05, 0.1) is 18.7 Å². The number of imidazole rings is 1. The molecule has 5 nitrogen and oxygen atoms in total. The summed E-state index contributed by atoms with van der Waals surface area (Å²) in [6, 6.07) is 10.4. The molecule has 0 aliphatic heterocycles. The van der Waals surface area contributed by atoms with Crippen molar-refractivity contribution in [3.63, 3.8) is 0 Å². The average molecular weight is 386 g/mol. The first-order chi connectivity index (χ1) is 13.2. The van der Waals surface area contributed by atoms with Crippen molar-refractivity contribution in [2.45, 2.75) is 39.2 Å². The molecule has 0 aliphatic rings. The van der Waals surface area contributed by atoms with Crippen LogP contribution in [0.1, 0.15) is 32.4 Å². The van der Waals surface area contributed by atoms with Gasteiger partial charge >= 0.3 is 0 Å². The molecule has 0 aliphatic carbocycles. The molecule has 2 heterocycles. The van der Waals surface area contributed by atoms with Gasteiger partial charge in [0, 0.05) is 42.5 Å². The fraction of sp³-hybridized carbons (Fsp3) is 0.429. The summed E-state index contributed by atoms with van der Waals surface area (Å²) in [5, 5.41) is 2.04. The maximum Gasteiger partial charge on any atom is 0.228 e. The molecule has 0 saturated heterocycles. The topological polar surface area (TPSA) is 46.8 Å². The standard InChI is InChI=1S/C21H27N3O2S/c1-4-17(5-2)23(11-12-26-3)20(25)13-18-15-27-21-22-19(14-24(18)21)16-9-7-6-8-10-16/h6-10,14-15,17H,4-5,11-13H2,1-3H3.